The number of benzene rings is 2. The van der Waals surface area contributed by atoms with Crippen LogP contribution in [0.4, 0.5) is 10.3 Å². The van der Waals surface area contributed by atoms with E-state index in [-0.39, 0.29) is 11.6 Å². The lowest BCUT2D eigenvalue weighted by Gasteiger charge is -2.31. The molecule has 1 unspecified atom stereocenters. The summed E-state index contributed by atoms with van der Waals surface area (Å²) >= 11 is 0. The van der Waals surface area contributed by atoms with E-state index in [2.05, 4.69) is 32.4 Å². The average Bonchev–Trinajstić information content (AvgIpc) is 2.81. The fourth-order valence-electron chi connectivity index (χ4n) is 4.14. The van der Waals surface area contributed by atoms with Crippen LogP contribution in [-0.4, -0.2) is 62.7 Å². The minimum Gasteiger partial charge on any atom is -0.507 e. The Labute approximate surface area is 201 Å². The third-order valence-corrected chi connectivity index (χ3v) is 6.80. The van der Waals surface area contributed by atoms with Gasteiger partial charge in [-0.3, -0.25) is 9.11 Å². The molecular weight excluding hydrogens is 453 g/mol. The number of aromatic hydroxyl groups is 1. The van der Waals surface area contributed by atoms with Crippen molar-refractivity contribution in [1.82, 2.24) is 20.2 Å². The minimum atomic E-state index is -1.26. The van der Waals surface area contributed by atoms with Gasteiger partial charge in [0.25, 0.3) is 0 Å². The van der Waals surface area contributed by atoms with E-state index in [4.69, 9.17) is 0 Å². The molecule has 9 heteroatoms. The van der Waals surface area contributed by atoms with Crippen molar-refractivity contribution in [3.05, 3.63) is 65.6 Å². The van der Waals surface area contributed by atoms with Gasteiger partial charge in [-0.15, -0.1) is 0 Å². The number of aromatic nitrogens is 2. The van der Waals surface area contributed by atoms with Gasteiger partial charge in [0.15, 0.2) is 0 Å². The Morgan fingerprint density at radius 1 is 1.24 bits per heavy atom. The Kier molecular flexibility index (Phi) is 7.87. The molecule has 1 aromatic heterocycles. The number of nitrogens with zero attached hydrogens (tertiary/aromatic N) is 3. The van der Waals surface area contributed by atoms with Crippen LogP contribution >= 0.6 is 0 Å². The van der Waals surface area contributed by atoms with Gasteiger partial charge >= 0.3 is 0 Å². The summed E-state index contributed by atoms with van der Waals surface area (Å²) in [6.07, 6.45) is 3.79. The second kappa shape index (κ2) is 11.0. The zero-order chi connectivity index (χ0) is 24.1. The average molecular weight is 484 g/mol. The zero-order valence-electron chi connectivity index (χ0n) is 19.4. The highest BCUT2D eigenvalue weighted by Crippen LogP contribution is 2.24. The summed E-state index contributed by atoms with van der Waals surface area (Å²) in [5.74, 6) is 0.131. The van der Waals surface area contributed by atoms with Crippen LogP contribution in [-0.2, 0) is 23.8 Å². The number of phenolic OH excluding ortho intramolecular Hbond substituents is 1. The molecule has 2 aromatic carbocycles. The van der Waals surface area contributed by atoms with Crippen LogP contribution in [0.3, 0.4) is 0 Å². The lowest BCUT2D eigenvalue weighted by Crippen LogP contribution is -2.48. The highest BCUT2D eigenvalue weighted by atomic mass is 32.2. The minimum absolute atomic E-state index is 0.0318. The summed E-state index contributed by atoms with van der Waals surface area (Å²) in [7, 11) is -1.26. The van der Waals surface area contributed by atoms with Gasteiger partial charge < -0.3 is 15.7 Å². The van der Waals surface area contributed by atoms with Gasteiger partial charge in [0.2, 0.25) is 5.95 Å². The number of piperazine rings is 1. The molecule has 0 radical (unpaired) electrons. The highest BCUT2D eigenvalue weighted by Gasteiger charge is 2.17. The second-order valence-electron chi connectivity index (χ2n) is 8.60. The summed E-state index contributed by atoms with van der Waals surface area (Å²) in [4.78, 5) is 11.6. The van der Waals surface area contributed by atoms with Crippen molar-refractivity contribution in [2.75, 3.05) is 37.8 Å². The van der Waals surface area contributed by atoms with E-state index in [1.165, 1.54) is 12.3 Å². The molecule has 1 aliphatic heterocycles. The number of nitrogens with one attached hydrogen (secondary N) is 2. The standard InChI is InChI=1S/C25H30FN5O2S/c1-17-15-31(12-11-27-17)16-19-3-5-21(26)20(13-19)22-8-10-29-25(30-22)28-9-7-18-4-6-23(32)24(14-18)34(2)33/h3-6,8,10,13-14,17,27,32H,7,9,11-12,15-16H2,1-2H3,(H,28,29,30)/t17-,34?/m0/s1. The van der Waals surface area contributed by atoms with Gasteiger partial charge in [-0.25, -0.2) is 14.4 Å². The molecule has 4 rings (SSSR count). The van der Waals surface area contributed by atoms with Crippen LogP contribution in [0.1, 0.15) is 18.1 Å². The van der Waals surface area contributed by atoms with Gasteiger partial charge in [-0.2, -0.15) is 0 Å². The molecule has 7 nitrogen and oxygen atoms in total. The first kappa shape index (κ1) is 24.3. The Balaban J connectivity index is 1.43. The molecule has 0 bridgehead atoms. The lowest BCUT2D eigenvalue weighted by atomic mass is 10.1. The van der Waals surface area contributed by atoms with Crippen LogP contribution in [0, 0.1) is 5.82 Å². The molecule has 3 N–H and O–H groups in total. The van der Waals surface area contributed by atoms with Gasteiger partial charge in [-0.05, 0) is 54.8 Å². The highest BCUT2D eigenvalue weighted by molar-refractivity contribution is 7.84. The van der Waals surface area contributed by atoms with E-state index in [1.807, 2.05) is 12.1 Å². The van der Waals surface area contributed by atoms with Crippen LogP contribution in [0.5, 0.6) is 5.75 Å². The molecule has 1 fully saturated rings. The number of hydrogen-bond donors (Lipinski definition) is 3. The van der Waals surface area contributed by atoms with E-state index in [0.717, 1.165) is 37.3 Å². The zero-order valence-corrected chi connectivity index (χ0v) is 20.2. The number of rotatable bonds is 8. The second-order valence-corrected chi connectivity index (χ2v) is 9.95. The fraction of sp³-hybridized carbons (Fsp3) is 0.360. The van der Waals surface area contributed by atoms with E-state index in [1.54, 1.807) is 30.5 Å². The van der Waals surface area contributed by atoms with Crippen LogP contribution in [0.25, 0.3) is 11.3 Å². The topological polar surface area (TPSA) is 90.4 Å². The maximum Gasteiger partial charge on any atom is 0.223 e. The normalized spacial score (nSPS) is 17.4. The van der Waals surface area contributed by atoms with Crippen molar-refractivity contribution in [2.45, 2.75) is 30.8 Å². The quantitative estimate of drug-likeness (QED) is 0.453. The largest absolute Gasteiger partial charge is 0.507 e. The third kappa shape index (κ3) is 6.16. The predicted octanol–water partition coefficient (Wildman–Crippen LogP) is 3.17. The summed E-state index contributed by atoms with van der Waals surface area (Å²) in [6, 6.07) is 12.5. The third-order valence-electron chi connectivity index (χ3n) is 5.85. The predicted molar refractivity (Wildman–Crippen MR) is 133 cm³/mol. The van der Waals surface area contributed by atoms with E-state index >= 15 is 0 Å². The molecule has 3 aromatic rings. The first-order valence-corrected chi connectivity index (χ1v) is 12.9. The summed E-state index contributed by atoms with van der Waals surface area (Å²) in [5.41, 5.74) is 2.97. The van der Waals surface area contributed by atoms with Gasteiger partial charge in [0, 0.05) is 56.8 Å². The van der Waals surface area contributed by atoms with Gasteiger partial charge in [0.05, 0.1) is 21.4 Å². The van der Waals surface area contributed by atoms with Crippen molar-refractivity contribution in [2.24, 2.45) is 0 Å². The lowest BCUT2D eigenvalue weighted by molar-refractivity contribution is 0.199. The Morgan fingerprint density at radius 3 is 2.85 bits per heavy atom. The molecule has 0 saturated carbocycles. The number of anilines is 1. The Bertz CT molecular complexity index is 1180. The van der Waals surface area contributed by atoms with Gasteiger partial charge in [0.1, 0.15) is 11.6 Å². The van der Waals surface area contributed by atoms with Crippen molar-refractivity contribution in [3.8, 4) is 17.0 Å². The molecule has 2 heterocycles. The van der Waals surface area contributed by atoms with Crippen LogP contribution in [0.2, 0.25) is 0 Å². The molecule has 0 amide bonds. The Morgan fingerprint density at radius 2 is 2.06 bits per heavy atom. The molecule has 180 valence electrons. The first-order valence-electron chi connectivity index (χ1n) is 11.4. The maximum atomic E-state index is 14.7. The van der Waals surface area contributed by atoms with E-state index in [0.29, 0.717) is 41.1 Å². The van der Waals surface area contributed by atoms with Gasteiger partial charge in [-0.1, -0.05) is 12.1 Å². The fourth-order valence-corrected chi connectivity index (χ4v) is 4.82. The molecule has 2 atom stereocenters. The maximum absolute atomic E-state index is 14.7. The molecule has 0 spiro atoms. The van der Waals surface area contributed by atoms with Crippen molar-refractivity contribution >= 4 is 16.7 Å². The monoisotopic (exact) mass is 483 g/mol. The summed E-state index contributed by atoms with van der Waals surface area (Å²) < 4.78 is 26.4. The Hall–Kier alpha value is -2.88. The molecule has 1 saturated heterocycles. The smallest absolute Gasteiger partial charge is 0.223 e. The van der Waals surface area contributed by atoms with Crippen molar-refractivity contribution in [1.29, 1.82) is 0 Å². The number of hydrogen-bond acceptors (Lipinski definition) is 7. The van der Waals surface area contributed by atoms with E-state index in [9.17, 15) is 13.7 Å². The van der Waals surface area contributed by atoms with Crippen molar-refractivity contribution in [3.63, 3.8) is 0 Å². The van der Waals surface area contributed by atoms with Crippen molar-refractivity contribution < 1.29 is 13.7 Å². The van der Waals surface area contributed by atoms with Crippen LogP contribution in [0.15, 0.2) is 53.6 Å². The first-order chi connectivity index (χ1) is 16.4. The number of halogens is 1. The molecular formula is C25H30FN5O2S. The SMILES string of the molecule is C[C@H]1CN(Cc2ccc(F)c(-c3ccnc(NCCc4ccc(O)c(S(C)=O)c4)n3)c2)CCN1. The molecule has 34 heavy (non-hydrogen) atoms. The summed E-state index contributed by atoms with van der Waals surface area (Å²) in [6.45, 7) is 6.36. The van der Waals surface area contributed by atoms with Crippen LogP contribution < -0.4 is 10.6 Å². The molecule has 0 aliphatic carbocycles. The molecule has 1 aliphatic rings. The number of phenols is 1. The van der Waals surface area contributed by atoms with E-state index < -0.39 is 10.8 Å². The summed E-state index contributed by atoms with van der Waals surface area (Å²) in [5, 5.41) is 16.4.